The van der Waals surface area contributed by atoms with Crippen LogP contribution in [-0.2, 0) is 20.0 Å². The predicted octanol–water partition coefficient (Wildman–Crippen LogP) is 2.19. The van der Waals surface area contributed by atoms with Crippen LogP contribution in [-0.4, -0.2) is 30.1 Å². The molecular weight excluding hydrogens is 336 g/mol. The third kappa shape index (κ3) is 4.23. The highest BCUT2D eigenvalue weighted by Gasteiger charge is 2.15. The molecule has 6 nitrogen and oxygen atoms in total. The lowest BCUT2D eigenvalue weighted by Crippen LogP contribution is -2.24. The van der Waals surface area contributed by atoms with E-state index in [0.717, 1.165) is 16.1 Å². The third-order valence-corrected chi connectivity index (χ3v) is 5.91. The first-order valence-corrected chi connectivity index (χ1v) is 10.1. The Kier molecular flexibility index (Phi) is 4.67. The molecule has 0 aliphatic heterocycles. The summed E-state index contributed by atoms with van der Waals surface area (Å²) < 4.78 is 51.1. The molecular formula is C15H18N2O4S2. The van der Waals surface area contributed by atoms with Crippen LogP contribution in [0.15, 0.2) is 53.4 Å². The largest absolute Gasteiger partial charge is 0.280 e. The summed E-state index contributed by atoms with van der Waals surface area (Å²) in [6.07, 6.45) is 1.10. The number of aryl methyl sites for hydroxylation is 1. The van der Waals surface area contributed by atoms with Crippen LogP contribution in [0.1, 0.15) is 5.56 Å². The van der Waals surface area contributed by atoms with Crippen molar-refractivity contribution in [3.63, 3.8) is 0 Å². The van der Waals surface area contributed by atoms with E-state index in [-0.39, 0.29) is 4.90 Å². The van der Waals surface area contributed by atoms with Crippen LogP contribution in [0.3, 0.4) is 0 Å². The Labute approximate surface area is 136 Å². The molecule has 0 radical (unpaired) electrons. The number of hydrogen-bond donors (Lipinski definition) is 1. The quantitative estimate of drug-likeness (QED) is 0.892. The van der Waals surface area contributed by atoms with Gasteiger partial charge in [0, 0.05) is 12.7 Å². The summed E-state index contributed by atoms with van der Waals surface area (Å²) in [5, 5.41) is 0. The molecule has 0 fully saturated rings. The number of hydrogen-bond acceptors (Lipinski definition) is 4. The highest BCUT2D eigenvalue weighted by molar-refractivity contribution is 7.92. The summed E-state index contributed by atoms with van der Waals surface area (Å²) >= 11 is 0. The minimum atomic E-state index is -3.67. The minimum absolute atomic E-state index is 0.167. The van der Waals surface area contributed by atoms with Crippen LogP contribution in [0.2, 0.25) is 0 Å². The molecule has 0 atom stereocenters. The standard InChI is InChI=1S/C15H18N2O4S2/c1-12-4-10-15(11-5-12)23(20,21)16-13-6-8-14(9-7-13)17(2)22(3,18)19/h4-11,16H,1-3H3. The first-order chi connectivity index (χ1) is 10.6. The summed E-state index contributed by atoms with van der Waals surface area (Å²) in [7, 11) is -5.60. The van der Waals surface area contributed by atoms with Gasteiger partial charge in [0.25, 0.3) is 10.0 Å². The van der Waals surface area contributed by atoms with Gasteiger partial charge in [0.05, 0.1) is 16.8 Å². The van der Waals surface area contributed by atoms with E-state index in [1.54, 1.807) is 12.1 Å². The number of nitrogens with zero attached hydrogens (tertiary/aromatic N) is 1. The van der Waals surface area contributed by atoms with Crippen LogP contribution in [0, 0.1) is 6.92 Å². The van der Waals surface area contributed by atoms with Gasteiger partial charge in [-0.1, -0.05) is 17.7 Å². The van der Waals surface area contributed by atoms with Crippen LogP contribution < -0.4 is 9.03 Å². The topological polar surface area (TPSA) is 83.6 Å². The Morgan fingerprint density at radius 2 is 1.39 bits per heavy atom. The SMILES string of the molecule is Cc1ccc(S(=O)(=O)Nc2ccc(N(C)S(C)(=O)=O)cc2)cc1. The molecule has 0 saturated carbocycles. The molecule has 0 aromatic heterocycles. The van der Waals surface area contributed by atoms with Gasteiger partial charge in [0.2, 0.25) is 10.0 Å². The van der Waals surface area contributed by atoms with Gasteiger partial charge < -0.3 is 0 Å². The first-order valence-electron chi connectivity index (χ1n) is 6.73. The second kappa shape index (κ2) is 6.21. The summed E-state index contributed by atoms with van der Waals surface area (Å²) in [4.78, 5) is 0.167. The molecule has 0 heterocycles. The van der Waals surface area contributed by atoms with Gasteiger partial charge in [-0.15, -0.1) is 0 Å². The molecule has 0 aliphatic rings. The normalized spacial score (nSPS) is 12.0. The van der Waals surface area contributed by atoms with E-state index in [0.29, 0.717) is 11.4 Å². The maximum Gasteiger partial charge on any atom is 0.261 e. The molecule has 8 heteroatoms. The number of benzene rings is 2. The fraction of sp³-hybridized carbons (Fsp3) is 0.200. The van der Waals surface area contributed by atoms with Crippen molar-refractivity contribution in [1.29, 1.82) is 0 Å². The van der Waals surface area contributed by atoms with Crippen molar-refractivity contribution >= 4 is 31.4 Å². The maximum atomic E-state index is 12.3. The lowest BCUT2D eigenvalue weighted by molar-refractivity contribution is 0.598. The number of rotatable bonds is 5. The van der Waals surface area contributed by atoms with Crippen LogP contribution in [0.25, 0.3) is 0 Å². The lowest BCUT2D eigenvalue weighted by atomic mass is 10.2. The molecule has 1 N–H and O–H groups in total. The molecule has 0 bridgehead atoms. The van der Waals surface area contributed by atoms with Crippen molar-refractivity contribution in [1.82, 2.24) is 0 Å². The number of anilines is 2. The van der Waals surface area contributed by atoms with Gasteiger partial charge in [-0.25, -0.2) is 16.8 Å². The highest BCUT2D eigenvalue weighted by atomic mass is 32.2. The Bertz CT molecular complexity index is 887. The summed E-state index contributed by atoms with van der Waals surface area (Å²) in [5.41, 5.74) is 1.78. The highest BCUT2D eigenvalue weighted by Crippen LogP contribution is 2.21. The average Bonchev–Trinajstić information content (AvgIpc) is 2.46. The Morgan fingerprint density at radius 1 is 0.870 bits per heavy atom. The van der Waals surface area contributed by atoms with E-state index in [9.17, 15) is 16.8 Å². The van der Waals surface area contributed by atoms with Crippen molar-refractivity contribution in [2.75, 3.05) is 22.3 Å². The third-order valence-electron chi connectivity index (χ3n) is 3.31. The Morgan fingerprint density at radius 3 is 1.87 bits per heavy atom. The molecule has 124 valence electrons. The molecule has 23 heavy (non-hydrogen) atoms. The Balaban J connectivity index is 2.22. The lowest BCUT2D eigenvalue weighted by Gasteiger charge is -2.17. The fourth-order valence-corrected chi connectivity index (χ4v) is 3.43. The zero-order valence-corrected chi connectivity index (χ0v) is 14.6. The predicted molar refractivity (Wildman–Crippen MR) is 91.7 cm³/mol. The molecule has 2 rings (SSSR count). The second-order valence-electron chi connectivity index (χ2n) is 5.20. The molecule has 0 spiro atoms. The Hall–Kier alpha value is -2.06. The van der Waals surface area contributed by atoms with E-state index in [1.807, 2.05) is 6.92 Å². The first kappa shape index (κ1) is 17.3. The second-order valence-corrected chi connectivity index (χ2v) is 8.89. The zero-order valence-electron chi connectivity index (χ0n) is 13.0. The van der Waals surface area contributed by atoms with E-state index in [2.05, 4.69) is 4.72 Å². The number of nitrogens with one attached hydrogen (secondary N) is 1. The van der Waals surface area contributed by atoms with Crippen LogP contribution in [0.5, 0.6) is 0 Å². The van der Waals surface area contributed by atoms with Crippen LogP contribution >= 0.6 is 0 Å². The molecule has 2 aromatic rings. The zero-order chi connectivity index (χ0) is 17.3. The molecule has 0 amide bonds. The monoisotopic (exact) mass is 354 g/mol. The van der Waals surface area contributed by atoms with E-state index >= 15 is 0 Å². The van der Waals surface area contributed by atoms with Crippen molar-refractivity contribution in [3.8, 4) is 0 Å². The van der Waals surface area contributed by atoms with Crippen molar-refractivity contribution in [2.24, 2.45) is 0 Å². The average molecular weight is 354 g/mol. The smallest absolute Gasteiger partial charge is 0.261 e. The van der Waals surface area contributed by atoms with Gasteiger partial charge in [-0.2, -0.15) is 0 Å². The maximum absolute atomic E-state index is 12.3. The number of sulfonamides is 2. The van der Waals surface area contributed by atoms with Crippen molar-refractivity contribution < 1.29 is 16.8 Å². The minimum Gasteiger partial charge on any atom is -0.280 e. The van der Waals surface area contributed by atoms with E-state index in [4.69, 9.17) is 0 Å². The molecule has 0 unspecified atom stereocenters. The summed E-state index contributed by atoms with van der Waals surface area (Å²) in [6, 6.07) is 12.6. The van der Waals surface area contributed by atoms with Gasteiger partial charge >= 0.3 is 0 Å². The molecule has 0 aliphatic carbocycles. The van der Waals surface area contributed by atoms with Crippen LogP contribution in [0.4, 0.5) is 11.4 Å². The van der Waals surface area contributed by atoms with E-state index < -0.39 is 20.0 Å². The van der Waals surface area contributed by atoms with Gasteiger partial charge in [0.1, 0.15) is 0 Å². The molecule has 0 saturated heterocycles. The van der Waals surface area contributed by atoms with Gasteiger partial charge in [-0.05, 0) is 43.3 Å². The van der Waals surface area contributed by atoms with Crippen molar-refractivity contribution in [3.05, 3.63) is 54.1 Å². The fourth-order valence-electron chi connectivity index (χ4n) is 1.86. The molecule has 2 aromatic carbocycles. The van der Waals surface area contributed by atoms with Crippen molar-refractivity contribution in [2.45, 2.75) is 11.8 Å². The van der Waals surface area contributed by atoms with E-state index in [1.165, 1.54) is 43.4 Å². The summed E-state index contributed by atoms with van der Waals surface area (Å²) in [5.74, 6) is 0. The summed E-state index contributed by atoms with van der Waals surface area (Å²) in [6.45, 7) is 1.88. The van der Waals surface area contributed by atoms with Gasteiger partial charge in [-0.3, -0.25) is 9.03 Å². The van der Waals surface area contributed by atoms with Gasteiger partial charge in [0.15, 0.2) is 0 Å².